The zero-order valence-corrected chi connectivity index (χ0v) is 25.1. The van der Waals surface area contributed by atoms with Crippen molar-refractivity contribution in [2.45, 2.75) is 129 Å². The number of rotatable bonds is 11. The van der Waals surface area contributed by atoms with Crippen molar-refractivity contribution in [3.63, 3.8) is 0 Å². The summed E-state index contributed by atoms with van der Waals surface area (Å²) in [6.07, 6.45) is 1.25. The van der Waals surface area contributed by atoms with Crippen LogP contribution in [0.2, 0.25) is 0 Å². The summed E-state index contributed by atoms with van der Waals surface area (Å²) in [4.78, 5) is 53.2. The van der Waals surface area contributed by atoms with Crippen LogP contribution in [-0.2, 0) is 19.2 Å². The fourth-order valence-corrected chi connectivity index (χ4v) is 7.48. The second-order valence-corrected chi connectivity index (χ2v) is 15.6. The van der Waals surface area contributed by atoms with Gasteiger partial charge in [-0.15, -0.1) is 11.8 Å². The summed E-state index contributed by atoms with van der Waals surface area (Å²) >= 11 is 1.36. The van der Waals surface area contributed by atoms with E-state index in [9.17, 15) is 19.2 Å². The van der Waals surface area contributed by atoms with Gasteiger partial charge in [0.05, 0.1) is 11.3 Å². The van der Waals surface area contributed by atoms with Gasteiger partial charge in [-0.25, -0.2) is 0 Å². The molecule has 0 radical (unpaired) electrons. The number of hydrogen-bond donors (Lipinski definition) is 2. The van der Waals surface area contributed by atoms with Crippen LogP contribution < -0.4 is 10.6 Å². The zero-order chi connectivity index (χ0) is 27.8. The molecule has 1 fully saturated rings. The molecule has 8 heteroatoms. The van der Waals surface area contributed by atoms with Gasteiger partial charge in [-0.05, 0) is 73.8 Å². The SMILES string of the molecule is CNC(C(C)=O)C(C)(C)SC1CC(=O)N(C(C)(C)CC(C)(C)C(=O)NC(C)(C)CC(C)(C)C)C1=O. The monoisotopic (exact) mass is 511 g/mol. The van der Waals surface area contributed by atoms with Gasteiger partial charge >= 0.3 is 0 Å². The Kier molecular flexibility index (Phi) is 9.51. The molecule has 2 atom stereocenters. The van der Waals surface area contributed by atoms with Crippen molar-refractivity contribution in [2.24, 2.45) is 10.8 Å². The number of nitrogens with one attached hydrogen (secondary N) is 2. The predicted octanol–water partition coefficient (Wildman–Crippen LogP) is 4.33. The van der Waals surface area contributed by atoms with Gasteiger partial charge in [0.25, 0.3) is 0 Å². The van der Waals surface area contributed by atoms with Crippen LogP contribution in [0, 0.1) is 10.8 Å². The summed E-state index contributed by atoms with van der Waals surface area (Å²) in [5, 5.41) is 5.66. The Morgan fingerprint density at radius 2 is 1.49 bits per heavy atom. The Balaban J connectivity index is 3.04. The Morgan fingerprint density at radius 3 is 1.91 bits per heavy atom. The number of likely N-dealkylation sites (N-methyl/N-ethyl adjacent to an activating group) is 1. The van der Waals surface area contributed by atoms with E-state index >= 15 is 0 Å². The molecule has 0 aromatic heterocycles. The highest BCUT2D eigenvalue weighted by Gasteiger charge is 2.51. The molecule has 1 heterocycles. The van der Waals surface area contributed by atoms with Crippen molar-refractivity contribution < 1.29 is 19.2 Å². The Morgan fingerprint density at radius 1 is 0.971 bits per heavy atom. The topological polar surface area (TPSA) is 95.6 Å². The normalized spacial score (nSPS) is 19.2. The number of thioether (sulfide) groups is 1. The van der Waals surface area contributed by atoms with Gasteiger partial charge in [-0.3, -0.25) is 24.1 Å². The molecule has 0 saturated carbocycles. The van der Waals surface area contributed by atoms with E-state index in [1.807, 2.05) is 55.4 Å². The third-order valence-corrected chi connectivity index (χ3v) is 7.96. The van der Waals surface area contributed by atoms with Gasteiger partial charge in [-0.1, -0.05) is 34.6 Å². The first-order chi connectivity index (χ1) is 15.5. The Labute approximate surface area is 217 Å². The van der Waals surface area contributed by atoms with Gasteiger partial charge in [-0.2, -0.15) is 0 Å². The first-order valence-corrected chi connectivity index (χ1v) is 13.4. The van der Waals surface area contributed by atoms with Crippen molar-refractivity contribution in [3.05, 3.63) is 0 Å². The van der Waals surface area contributed by atoms with Crippen molar-refractivity contribution in [3.8, 4) is 0 Å². The van der Waals surface area contributed by atoms with Crippen LogP contribution >= 0.6 is 11.8 Å². The van der Waals surface area contributed by atoms with Crippen LogP contribution in [-0.4, -0.2) is 62.6 Å². The number of ketones is 1. The molecule has 0 bridgehead atoms. The van der Waals surface area contributed by atoms with E-state index in [4.69, 9.17) is 0 Å². The molecule has 1 aliphatic heterocycles. The molecule has 2 N–H and O–H groups in total. The number of nitrogens with zero attached hydrogens (tertiary/aromatic N) is 1. The Hall–Kier alpha value is -1.41. The van der Waals surface area contributed by atoms with Gasteiger partial charge in [0.15, 0.2) is 0 Å². The second kappa shape index (κ2) is 10.5. The molecule has 0 aromatic carbocycles. The quantitative estimate of drug-likeness (QED) is 0.401. The number of likely N-dealkylation sites (tertiary alicyclic amines) is 1. The Bertz CT molecular complexity index is 840. The lowest BCUT2D eigenvalue weighted by atomic mass is 9.76. The van der Waals surface area contributed by atoms with E-state index in [0.717, 1.165) is 6.42 Å². The number of carbonyl (C=O) groups excluding carboxylic acids is 4. The van der Waals surface area contributed by atoms with Crippen LogP contribution in [0.25, 0.3) is 0 Å². The van der Waals surface area contributed by atoms with Crippen molar-refractivity contribution in [1.82, 2.24) is 15.5 Å². The molecule has 2 unspecified atom stereocenters. The van der Waals surface area contributed by atoms with Crippen molar-refractivity contribution >= 4 is 35.3 Å². The number of amides is 3. The molecular weight excluding hydrogens is 462 g/mol. The summed E-state index contributed by atoms with van der Waals surface area (Å²) in [6, 6.07) is -0.434. The molecule has 7 nitrogen and oxygen atoms in total. The maximum atomic E-state index is 13.4. The molecule has 0 spiro atoms. The summed E-state index contributed by atoms with van der Waals surface area (Å²) in [6.45, 7) is 23.3. The van der Waals surface area contributed by atoms with E-state index in [-0.39, 0.29) is 40.9 Å². The maximum Gasteiger partial charge on any atom is 0.243 e. The number of carbonyl (C=O) groups is 4. The van der Waals surface area contributed by atoms with Crippen LogP contribution in [0.5, 0.6) is 0 Å². The average molecular weight is 512 g/mol. The van der Waals surface area contributed by atoms with Gasteiger partial charge in [0.2, 0.25) is 17.7 Å². The fraction of sp³-hybridized carbons (Fsp3) is 0.852. The van der Waals surface area contributed by atoms with Crippen LogP contribution in [0.1, 0.15) is 102 Å². The minimum absolute atomic E-state index is 0.0129. The zero-order valence-electron chi connectivity index (χ0n) is 24.3. The van der Waals surface area contributed by atoms with Gasteiger partial charge < -0.3 is 10.6 Å². The molecule has 0 aromatic rings. The van der Waals surface area contributed by atoms with E-state index in [0.29, 0.717) is 6.42 Å². The molecule has 1 rings (SSSR count). The average Bonchev–Trinajstić information content (AvgIpc) is 2.84. The third-order valence-electron chi connectivity index (χ3n) is 6.46. The van der Waals surface area contributed by atoms with Crippen LogP contribution in [0.4, 0.5) is 0 Å². The molecule has 1 aliphatic rings. The molecular formula is C27H49N3O4S. The van der Waals surface area contributed by atoms with Crippen molar-refractivity contribution in [1.29, 1.82) is 0 Å². The summed E-state index contributed by atoms with van der Waals surface area (Å²) < 4.78 is -0.570. The van der Waals surface area contributed by atoms with Crippen molar-refractivity contribution in [2.75, 3.05) is 7.05 Å². The van der Waals surface area contributed by atoms with Crippen LogP contribution in [0.3, 0.4) is 0 Å². The van der Waals surface area contributed by atoms with E-state index in [1.165, 1.54) is 23.6 Å². The number of hydrogen-bond acceptors (Lipinski definition) is 6. The standard InChI is InChI=1S/C27H49N3O4S/c1-17(31)20(28-13)27(11,12)35-18-14-19(32)30(21(18)33)26(9,10)16-24(5,6)22(34)29-25(7,8)15-23(2,3)4/h18,20,28H,14-16H2,1-13H3,(H,29,34). The first-order valence-electron chi connectivity index (χ1n) is 12.5. The number of imide groups is 1. The third kappa shape index (κ3) is 8.31. The molecule has 1 saturated heterocycles. The smallest absolute Gasteiger partial charge is 0.243 e. The number of Topliss-reactive ketones (excluding diaryl/α,β-unsaturated/α-hetero) is 1. The fourth-order valence-electron chi connectivity index (χ4n) is 5.89. The molecule has 3 amide bonds. The van der Waals surface area contributed by atoms with Gasteiger partial charge in [0.1, 0.15) is 5.78 Å². The van der Waals surface area contributed by atoms with E-state index in [2.05, 4.69) is 31.4 Å². The lowest BCUT2D eigenvalue weighted by Crippen LogP contribution is -2.55. The molecule has 202 valence electrons. The lowest BCUT2D eigenvalue weighted by Gasteiger charge is -2.42. The van der Waals surface area contributed by atoms with Crippen LogP contribution in [0.15, 0.2) is 0 Å². The maximum absolute atomic E-state index is 13.4. The molecule has 0 aliphatic carbocycles. The minimum atomic E-state index is -0.842. The summed E-state index contributed by atoms with van der Waals surface area (Å²) in [7, 11) is 1.72. The summed E-state index contributed by atoms with van der Waals surface area (Å²) in [5.41, 5.74) is -1.96. The molecule has 35 heavy (non-hydrogen) atoms. The second-order valence-electron chi connectivity index (χ2n) is 13.8. The van der Waals surface area contributed by atoms with E-state index in [1.54, 1.807) is 7.05 Å². The first kappa shape index (κ1) is 31.6. The lowest BCUT2D eigenvalue weighted by molar-refractivity contribution is -0.148. The largest absolute Gasteiger partial charge is 0.351 e. The van der Waals surface area contributed by atoms with Gasteiger partial charge in [0, 0.05) is 27.7 Å². The predicted molar refractivity (Wildman–Crippen MR) is 144 cm³/mol. The van der Waals surface area contributed by atoms with E-state index < -0.39 is 27.0 Å². The highest BCUT2D eigenvalue weighted by Crippen LogP contribution is 2.42. The minimum Gasteiger partial charge on any atom is -0.351 e. The summed E-state index contributed by atoms with van der Waals surface area (Å²) in [5.74, 6) is -0.590. The highest BCUT2D eigenvalue weighted by molar-refractivity contribution is 8.02. The highest BCUT2D eigenvalue weighted by atomic mass is 32.2.